The van der Waals surface area contributed by atoms with Crippen molar-refractivity contribution in [1.82, 2.24) is 9.78 Å². The Morgan fingerprint density at radius 3 is 2.30 bits per heavy atom. The van der Waals surface area contributed by atoms with Crippen molar-refractivity contribution in [3.05, 3.63) is 15.9 Å². The first-order chi connectivity index (χ1) is 9.49. The number of methoxy groups -OCH3 is 1. The van der Waals surface area contributed by atoms with E-state index < -0.39 is 0 Å². The average Bonchev–Trinajstić information content (AvgIpc) is 2.78. The van der Waals surface area contributed by atoms with Crippen LogP contribution in [0.25, 0.3) is 0 Å². The Morgan fingerprint density at radius 1 is 1.30 bits per heavy atom. The van der Waals surface area contributed by atoms with E-state index in [1.807, 2.05) is 0 Å². The molecule has 0 radical (unpaired) electrons. The molecule has 1 rings (SSSR count). The van der Waals surface area contributed by atoms with Crippen LogP contribution in [0.1, 0.15) is 51.9 Å². The molecule has 0 fully saturated rings. The summed E-state index contributed by atoms with van der Waals surface area (Å²) in [6, 6.07) is -0.0366. The standard InChI is InChI=1S/C15H28BrN3O/c1-6-11-14(16)12(19(9-4)18-11)10-13(17)15(7-2,8-3)20-5/h13H,6-10,17H2,1-5H3. The summed E-state index contributed by atoms with van der Waals surface area (Å²) in [4.78, 5) is 0. The van der Waals surface area contributed by atoms with E-state index in [4.69, 9.17) is 10.5 Å². The summed E-state index contributed by atoms with van der Waals surface area (Å²) in [5, 5.41) is 4.63. The molecule has 0 aliphatic carbocycles. The lowest BCUT2D eigenvalue weighted by Gasteiger charge is -2.36. The second kappa shape index (κ2) is 7.57. The van der Waals surface area contributed by atoms with Crippen LogP contribution in [0.2, 0.25) is 0 Å². The van der Waals surface area contributed by atoms with E-state index in [1.54, 1.807) is 7.11 Å². The van der Waals surface area contributed by atoms with Gasteiger partial charge in [-0.25, -0.2) is 0 Å². The third-order valence-corrected chi connectivity index (χ3v) is 5.30. The third-order valence-electron chi connectivity index (χ3n) is 4.39. The summed E-state index contributed by atoms with van der Waals surface area (Å²) < 4.78 is 8.90. The number of aryl methyl sites for hydroxylation is 2. The molecular weight excluding hydrogens is 318 g/mol. The Hall–Kier alpha value is -0.390. The largest absolute Gasteiger partial charge is 0.377 e. The number of aromatic nitrogens is 2. The van der Waals surface area contributed by atoms with E-state index >= 15 is 0 Å². The smallest absolute Gasteiger partial charge is 0.0827 e. The van der Waals surface area contributed by atoms with Crippen molar-refractivity contribution in [2.24, 2.45) is 5.73 Å². The van der Waals surface area contributed by atoms with Gasteiger partial charge in [-0.1, -0.05) is 20.8 Å². The highest BCUT2D eigenvalue weighted by atomic mass is 79.9. The van der Waals surface area contributed by atoms with Crippen molar-refractivity contribution in [2.45, 2.75) is 71.6 Å². The van der Waals surface area contributed by atoms with Gasteiger partial charge in [0.1, 0.15) is 0 Å². The molecule has 4 nitrogen and oxygen atoms in total. The van der Waals surface area contributed by atoms with Gasteiger partial charge in [-0.2, -0.15) is 5.10 Å². The number of nitrogens with zero attached hydrogens (tertiary/aromatic N) is 2. The molecule has 0 saturated carbocycles. The van der Waals surface area contributed by atoms with E-state index in [1.165, 1.54) is 5.69 Å². The summed E-state index contributed by atoms with van der Waals surface area (Å²) in [6.07, 6.45) is 3.53. The quantitative estimate of drug-likeness (QED) is 0.786. The maximum atomic E-state index is 6.47. The van der Waals surface area contributed by atoms with Crippen LogP contribution in [-0.4, -0.2) is 28.5 Å². The van der Waals surface area contributed by atoms with Crippen molar-refractivity contribution in [3.63, 3.8) is 0 Å². The maximum Gasteiger partial charge on any atom is 0.0827 e. The Morgan fingerprint density at radius 2 is 1.90 bits per heavy atom. The molecule has 0 bridgehead atoms. The fourth-order valence-electron chi connectivity index (χ4n) is 2.82. The highest BCUT2D eigenvalue weighted by Crippen LogP contribution is 2.29. The fourth-order valence-corrected chi connectivity index (χ4v) is 3.55. The van der Waals surface area contributed by atoms with E-state index in [0.717, 1.165) is 42.4 Å². The molecule has 2 N–H and O–H groups in total. The van der Waals surface area contributed by atoms with E-state index in [0.29, 0.717) is 0 Å². The summed E-state index contributed by atoms with van der Waals surface area (Å²) in [7, 11) is 1.76. The SMILES string of the molecule is CCc1nn(CC)c(CC(N)C(CC)(CC)OC)c1Br. The summed E-state index contributed by atoms with van der Waals surface area (Å²) in [5.41, 5.74) is 8.50. The zero-order chi connectivity index (χ0) is 15.3. The fraction of sp³-hybridized carbons (Fsp3) is 0.800. The van der Waals surface area contributed by atoms with Crippen molar-refractivity contribution in [2.75, 3.05) is 7.11 Å². The summed E-state index contributed by atoms with van der Waals surface area (Å²) in [6.45, 7) is 9.36. The molecule has 20 heavy (non-hydrogen) atoms. The Bertz CT molecular complexity index is 419. The van der Waals surface area contributed by atoms with Crippen LogP contribution in [0, 0.1) is 0 Å². The zero-order valence-corrected chi connectivity index (χ0v) is 15.0. The van der Waals surface area contributed by atoms with Crippen LogP contribution >= 0.6 is 15.9 Å². The van der Waals surface area contributed by atoms with Crippen molar-refractivity contribution >= 4 is 15.9 Å². The van der Waals surface area contributed by atoms with Gasteiger partial charge in [0.15, 0.2) is 0 Å². The number of halogens is 1. The van der Waals surface area contributed by atoms with Gasteiger partial charge in [-0.15, -0.1) is 0 Å². The van der Waals surface area contributed by atoms with Gasteiger partial charge < -0.3 is 10.5 Å². The van der Waals surface area contributed by atoms with Gasteiger partial charge in [0, 0.05) is 26.1 Å². The number of rotatable bonds is 8. The van der Waals surface area contributed by atoms with Gasteiger partial charge in [0.25, 0.3) is 0 Å². The highest BCUT2D eigenvalue weighted by Gasteiger charge is 2.34. The van der Waals surface area contributed by atoms with Crippen LogP contribution < -0.4 is 5.73 Å². The maximum absolute atomic E-state index is 6.47. The molecule has 0 amide bonds. The van der Waals surface area contributed by atoms with E-state index in [2.05, 4.69) is 53.4 Å². The molecule has 1 aromatic rings. The molecule has 5 heteroatoms. The molecule has 0 aliphatic rings. The molecule has 0 aliphatic heterocycles. The number of nitrogens with two attached hydrogens (primary N) is 1. The first kappa shape index (κ1) is 17.7. The molecule has 1 aromatic heterocycles. The number of ether oxygens (including phenoxy) is 1. The predicted molar refractivity (Wildman–Crippen MR) is 87.0 cm³/mol. The second-order valence-corrected chi connectivity index (χ2v) is 5.96. The minimum atomic E-state index is -0.255. The molecule has 1 heterocycles. The van der Waals surface area contributed by atoms with Crippen LogP contribution in [0.15, 0.2) is 4.47 Å². The molecular formula is C15H28BrN3O. The van der Waals surface area contributed by atoms with E-state index in [9.17, 15) is 0 Å². The van der Waals surface area contributed by atoms with Gasteiger partial charge in [-0.05, 0) is 42.1 Å². The zero-order valence-electron chi connectivity index (χ0n) is 13.4. The van der Waals surface area contributed by atoms with Crippen LogP contribution in [0.3, 0.4) is 0 Å². The van der Waals surface area contributed by atoms with Gasteiger partial charge >= 0.3 is 0 Å². The minimum absolute atomic E-state index is 0.0366. The van der Waals surface area contributed by atoms with Crippen LogP contribution in [0.4, 0.5) is 0 Å². The molecule has 0 spiro atoms. The third kappa shape index (κ3) is 3.26. The Labute approximate surface area is 131 Å². The summed E-state index contributed by atoms with van der Waals surface area (Å²) in [5.74, 6) is 0. The summed E-state index contributed by atoms with van der Waals surface area (Å²) >= 11 is 3.68. The van der Waals surface area contributed by atoms with E-state index in [-0.39, 0.29) is 11.6 Å². The number of hydrogen-bond donors (Lipinski definition) is 1. The van der Waals surface area contributed by atoms with Crippen LogP contribution in [0.5, 0.6) is 0 Å². The minimum Gasteiger partial charge on any atom is -0.377 e. The van der Waals surface area contributed by atoms with Gasteiger partial charge in [-0.3, -0.25) is 4.68 Å². The predicted octanol–water partition coefficient (Wildman–Crippen LogP) is 3.30. The van der Waals surface area contributed by atoms with Gasteiger partial charge in [0.2, 0.25) is 0 Å². The molecule has 0 saturated heterocycles. The lowest BCUT2D eigenvalue weighted by atomic mass is 9.86. The Kier molecular flexibility index (Phi) is 6.69. The molecule has 1 unspecified atom stereocenters. The van der Waals surface area contributed by atoms with Crippen molar-refractivity contribution in [1.29, 1.82) is 0 Å². The molecule has 116 valence electrons. The number of hydrogen-bond acceptors (Lipinski definition) is 3. The van der Waals surface area contributed by atoms with Crippen molar-refractivity contribution < 1.29 is 4.74 Å². The van der Waals surface area contributed by atoms with Gasteiger partial charge in [0.05, 0.1) is 21.5 Å². The lowest BCUT2D eigenvalue weighted by Crippen LogP contribution is -2.50. The monoisotopic (exact) mass is 345 g/mol. The molecule has 0 aromatic carbocycles. The first-order valence-electron chi connectivity index (χ1n) is 7.54. The normalized spacial score (nSPS) is 13.8. The Balaban J connectivity index is 3.06. The van der Waals surface area contributed by atoms with Crippen LogP contribution in [-0.2, 0) is 24.1 Å². The lowest BCUT2D eigenvalue weighted by molar-refractivity contribution is -0.0378. The van der Waals surface area contributed by atoms with Crippen molar-refractivity contribution in [3.8, 4) is 0 Å². The average molecular weight is 346 g/mol. The second-order valence-electron chi connectivity index (χ2n) is 5.16. The topological polar surface area (TPSA) is 53.1 Å². The first-order valence-corrected chi connectivity index (χ1v) is 8.33. The highest BCUT2D eigenvalue weighted by molar-refractivity contribution is 9.10. The molecule has 1 atom stereocenters.